The van der Waals surface area contributed by atoms with Crippen LogP contribution in [-0.2, 0) is 4.79 Å². The van der Waals surface area contributed by atoms with Gasteiger partial charge in [-0.25, -0.2) is 4.99 Å². The Hall–Kier alpha value is -3.25. The van der Waals surface area contributed by atoms with Gasteiger partial charge in [-0.05, 0) is 78.9 Å². The summed E-state index contributed by atoms with van der Waals surface area (Å²) in [5.74, 6) is 0.786. The van der Waals surface area contributed by atoms with Gasteiger partial charge in [0.25, 0.3) is 5.91 Å². The second kappa shape index (κ2) is 9.32. The van der Waals surface area contributed by atoms with Gasteiger partial charge in [0.15, 0.2) is 5.17 Å². The highest BCUT2D eigenvalue weighted by Gasteiger charge is 2.32. The van der Waals surface area contributed by atoms with Crippen LogP contribution in [0.15, 0.2) is 70.6 Å². The third-order valence-corrected chi connectivity index (χ3v) is 7.18. The summed E-state index contributed by atoms with van der Waals surface area (Å²) in [5, 5.41) is 3.12. The second-order valence-corrected chi connectivity index (χ2v) is 9.18. The molecule has 0 aromatic heterocycles. The van der Waals surface area contributed by atoms with Crippen LogP contribution in [0.3, 0.4) is 0 Å². The van der Waals surface area contributed by atoms with Crippen molar-refractivity contribution in [2.24, 2.45) is 4.99 Å². The van der Waals surface area contributed by atoms with Gasteiger partial charge in [-0.2, -0.15) is 0 Å². The minimum absolute atomic E-state index is 0.00228. The van der Waals surface area contributed by atoms with Crippen LogP contribution in [0.5, 0.6) is 5.75 Å². The van der Waals surface area contributed by atoms with Crippen LogP contribution >= 0.6 is 11.8 Å². The largest absolute Gasteiger partial charge is 0.497 e. The van der Waals surface area contributed by atoms with Gasteiger partial charge in [-0.1, -0.05) is 30.3 Å². The first-order valence-corrected chi connectivity index (χ1v) is 12.2. The summed E-state index contributed by atoms with van der Waals surface area (Å²) in [6.45, 7) is 4.77. The van der Waals surface area contributed by atoms with Crippen LogP contribution in [0.25, 0.3) is 16.8 Å². The predicted molar refractivity (Wildman–Crippen MR) is 138 cm³/mol. The van der Waals surface area contributed by atoms with Crippen molar-refractivity contribution >= 4 is 51.1 Å². The van der Waals surface area contributed by atoms with Gasteiger partial charge in [0.2, 0.25) is 0 Å². The van der Waals surface area contributed by atoms with Crippen molar-refractivity contribution < 1.29 is 9.53 Å². The number of hydrogen-bond acceptors (Lipinski definition) is 5. The Labute approximate surface area is 198 Å². The number of amidine groups is 1. The predicted octanol–water partition coefficient (Wildman–Crippen LogP) is 6.07. The number of amides is 1. The quantitative estimate of drug-likeness (QED) is 0.436. The summed E-state index contributed by atoms with van der Waals surface area (Å²) in [6.07, 6.45) is 4.51. The molecule has 0 N–H and O–H groups in total. The monoisotopic (exact) mass is 457 g/mol. The average molecular weight is 458 g/mol. The molecule has 6 heteroatoms. The molecule has 0 saturated carbocycles. The Kier molecular flexibility index (Phi) is 6.09. The van der Waals surface area contributed by atoms with E-state index in [4.69, 9.17) is 9.73 Å². The maximum Gasteiger partial charge on any atom is 0.266 e. The molecule has 5 nitrogen and oxygen atoms in total. The van der Waals surface area contributed by atoms with Crippen molar-refractivity contribution in [2.45, 2.75) is 19.8 Å². The van der Waals surface area contributed by atoms with Crippen LogP contribution < -0.4 is 9.64 Å². The molecule has 2 saturated heterocycles. The van der Waals surface area contributed by atoms with Crippen LogP contribution in [0.2, 0.25) is 0 Å². The molecule has 0 spiro atoms. The summed E-state index contributed by atoms with van der Waals surface area (Å²) in [7, 11) is 1.64. The van der Waals surface area contributed by atoms with E-state index >= 15 is 0 Å². The van der Waals surface area contributed by atoms with Gasteiger partial charge in [0.1, 0.15) is 5.75 Å². The number of benzene rings is 3. The number of rotatable bonds is 5. The maximum atomic E-state index is 13.2. The molecule has 0 bridgehead atoms. The highest BCUT2D eigenvalue weighted by Crippen LogP contribution is 2.37. The first-order chi connectivity index (χ1) is 16.2. The maximum absolute atomic E-state index is 13.2. The molecule has 0 radical (unpaired) electrons. The number of ether oxygens (including phenoxy) is 1. The van der Waals surface area contributed by atoms with Gasteiger partial charge >= 0.3 is 0 Å². The summed E-state index contributed by atoms with van der Waals surface area (Å²) in [5.41, 5.74) is 3.14. The van der Waals surface area contributed by atoms with Crippen LogP contribution in [0.1, 0.15) is 25.3 Å². The van der Waals surface area contributed by atoms with Crippen molar-refractivity contribution in [3.63, 3.8) is 0 Å². The summed E-state index contributed by atoms with van der Waals surface area (Å²) in [6, 6.07) is 20.4. The summed E-state index contributed by atoms with van der Waals surface area (Å²) >= 11 is 1.43. The first-order valence-electron chi connectivity index (χ1n) is 11.4. The van der Waals surface area contributed by atoms with E-state index in [1.807, 2.05) is 37.3 Å². The molecule has 2 fully saturated rings. The Morgan fingerprint density at radius 3 is 2.42 bits per heavy atom. The van der Waals surface area contributed by atoms with Gasteiger partial charge in [0.05, 0.1) is 17.7 Å². The van der Waals surface area contributed by atoms with Crippen molar-refractivity contribution in [3.8, 4) is 5.75 Å². The molecule has 2 heterocycles. The lowest BCUT2D eigenvalue weighted by Gasteiger charge is -2.20. The zero-order valence-electron chi connectivity index (χ0n) is 19.0. The molecule has 2 aliphatic heterocycles. The first kappa shape index (κ1) is 21.6. The van der Waals surface area contributed by atoms with Gasteiger partial charge in [0, 0.05) is 30.7 Å². The SMILES string of the molecule is CCN1C(=O)/C(=C\c2ccc(N3CCCC3)c3ccccc23)SC1=Nc1ccc(OC)cc1. The summed E-state index contributed by atoms with van der Waals surface area (Å²) < 4.78 is 5.23. The lowest BCUT2D eigenvalue weighted by atomic mass is 10.0. The molecule has 0 unspecified atom stereocenters. The lowest BCUT2D eigenvalue weighted by molar-refractivity contribution is -0.122. The van der Waals surface area contributed by atoms with Gasteiger partial charge in [-0.15, -0.1) is 0 Å². The Balaban J connectivity index is 1.50. The molecule has 168 valence electrons. The number of fused-ring (bicyclic) bond motifs is 1. The number of likely N-dealkylation sites (N-methyl/N-ethyl adjacent to an activating group) is 1. The topological polar surface area (TPSA) is 45.1 Å². The van der Waals surface area contributed by atoms with Crippen LogP contribution in [0, 0.1) is 0 Å². The lowest BCUT2D eigenvalue weighted by Crippen LogP contribution is -2.28. The van der Waals surface area contributed by atoms with Crippen molar-refractivity contribution in [1.29, 1.82) is 0 Å². The minimum Gasteiger partial charge on any atom is -0.497 e. The third-order valence-electron chi connectivity index (χ3n) is 6.17. The van der Waals surface area contributed by atoms with E-state index in [9.17, 15) is 4.79 Å². The molecule has 0 atom stereocenters. The van der Waals surface area contributed by atoms with E-state index in [2.05, 4.69) is 41.3 Å². The molecule has 1 amide bonds. The number of thioether (sulfide) groups is 1. The minimum atomic E-state index is 0.00228. The van der Waals surface area contributed by atoms with E-state index in [1.54, 1.807) is 12.0 Å². The molecule has 33 heavy (non-hydrogen) atoms. The van der Waals surface area contributed by atoms with Crippen molar-refractivity contribution in [1.82, 2.24) is 4.90 Å². The van der Waals surface area contributed by atoms with E-state index < -0.39 is 0 Å². The molecule has 2 aliphatic rings. The summed E-state index contributed by atoms with van der Waals surface area (Å²) in [4.78, 5) is 22.8. The van der Waals surface area contributed by atoms with Crippen LogP contribution in [0.4, 0.5) is 11.4 Å². The number of anilines is 1. The van der Waals surface area contributed by atoms with E-state index in [1.165, 1.54) is 41.1 Å². The number of aliphatic imine (C=N–C) groups is 1. The smallest absolute Gasteiger partial charge is 0.266 e. The molecular weight excluding hydrogens is 430 g/mol. The molecule has 3 aromatic carbocycles. The Bertz CT molecular complexity index is 1240. The van der Waals surface area contributed by atoms with E-state index in [0.29, 0.717) is 16.6 Å². The van der Waals surface area contributed by atoms with Crippen molar-refractivity contribution in [2.75, 3.05) is 31.6 Å². The number of hydrogen-bond donors (Lipinski definition) is 0. The van der Waals surface area contributed by atoms with E-state index in [-0.39, 0.29) is 5.91 Å². The Morgan fingerprint density at radius 2 is 1.73 bits per heavy atom. The molecule has 5 rings (SSSR count). The average Bonchev–Trinajstić information content (AvgIpc) is 3.48. The fourth-order valence-corrected chi connectivity index (χ4v) is 5.50. The van der Waals surface area contributed by atoms with E-state index in [0.717, 1.165) is 30.1 Å². The third kappa shape index (κ3) is 4.23. The fraction of sp³-hybridized carbons (Fsp3) is 0.259. The number of carbonyl (C=O) groups excluding carboxylic acids is 1. The number of methoxy groups -OCH3 is 1. The highest BCUT2D eigenvalue weighted by atomic mass is 32.2. The number of nitrogens with zero attached hydrogens (tertiary/aromatic N) is 3. The highest BCUT2D eigenvalue weighted by molar-refractivity contribution is 8.18. The molecule has 3 aromatic rings. The normalized spacial score (nSPS) is 18.8. The molecular formula is C27H27N3O2S. The second-order valence-electron chi connectivity index (χ2n) is 8.17. The van der Waals surface area contributed by atoms with Gasteiger partial charge in [-0.3, -0.25) is 9.69 Å². The standard InChI is InChI=1S/C27H27N3O2S/c1-3-30-26(31)25(33-27(30)28-20-11-13-21(32-2)14-12-20)18-19-10-15-24(29-16-6-7-17-29)23-9-5-4-8-22(19)23/h4-5,8-15,18H,3,6-7,16-17H2,1-2H3/b25-18+,28-27?. The Morgan fingerprint density at radius 1 is 1.00 bits per heavy atom. The zero-order chi connectivity index (χ0) is 22.8. The van der Waals surface area contributed by atoms with Crippen LogP contribution in [-0.4, -0.2) is 42.7 Å². The fourth-order valence-electron chi connectivity index (χ4n) is 4.44. The van der Waals surface area contributed by atoms with Crippen molar-refractivity contribution in [3.05, 3.63) is 71.1 Å². The number of carbonyl (C=O) groups is 1. The zero-order valence-corrected chi connectivity index (χ0v) is 19.8. The molecule has 0 aliphatic carbocycles. The van der Waals surface area contributed by atoms with Gasteiger partial charge < -0.3 is 9.64 Å².